The summed E-state index contributed by atoms with van der Waals surface area (Å²) in [6.45, 7) is 4.84. The molecule has 4 heteroatoms. The minimum Gasteiger partial charge on any atom is -0.463 e. The molecule has 0 spiro atoms. The summed E-state index contributed by atoms with van der Waals surface area (Å²) in [6.07, 6.45) is 6.09. The Morgan fingerprint density at radius 3 is 2.03 bits per heavy atom. The molecule has 1 atom stereocenters. The van der Waals surface area contributed by atoms with Gasteiger partial charge in [0.2, 0.25) is 0 Å². The van der Waals surface area contributed by atoms with Crippen LogP contribution in [0, 0.1) is 5.92 Å². The van der Waals surface area contributed by atoms with Gasteiger partial charge < -0.3 is 14.4 Å². The summed E-state index contributed by atoms with van der Waals surface area (Å²) in [5, 5.41) is 0. The van der Waals surface area contributed by atoms with Crippen LogP contribution >= 0.6 is 0 Å². The molecule has 1 saturated carbocycles. The molecule has 0 radical (unpaired) electrons. The van der Waals surface area contributed by atoms with E-state index in [1.165, 1.54) is 49.9 Å². The summed E-state index contributed by atoms with van der Waals surface area (Å²) in [5.74, 6) is -0.238. The Morgan fingerprint density at radius 2 is 1.43 bits per heavy atom. The minimum absolute atomic E-state index is 0.112. The Morgan fingerprint density at radius 1 is 0.833 bits per heavy atom. The molecule has 0 bridgehead atoms. The van der Waals surface area contributed by atoms with Crippen molar-refractivity contribution in [3.05, 3.63) is 71.8 Å². The quantitative estimate of drug-likeness (QED) is 0.455. The normalized spacial score (nSPS) is 21.0. The van der Waals surface area contributed by atoms with Crippen molar-refractivity contribution in [1.29, 1.82) is 0 Å². The van der Waals surface area contributed by atoms with Crippen molar-refractivity contribution in [2.45, 2.75) is 37.5 Å². The van der Waals surface area contributed by atoms with E-state index in [1.807, 2.05) is 36.4 Å². The first kappa shape index (κ1) is 21.1. The van der Waals surface area contributed by atoms with Crippen LogP contribution in [0.4, 0.5) is 0 Å². The van der Waals surface area contributed by atoms with Crippen molar-refractivity contribution in [3.63, 3.8) is 0 Å². The van der Waals surface area contributed by atoms with Crippen molar-refractivity contribution < 1.29 is 14.3 Å². The molecule has 4 rings (SSSR count). The molecule has 2 fully saturated rings. The van der Waals surface area contributed by atoms with Gasteiger partial charge >= 0.3 is 5.97 Å². The highest BCUT2D eigenvalue weighted by atomic mass is 16.6. The molecule has 1 saturated heterocycles. The Balaban J connectivity index is 1.25. The molecule has 0 N–H and O–H groups in total. The smallest absolute Gasteiger partial charge is 0.310 e. The van der Waals surface area contributed by atoms with Gasteiger partial charge in [-0.3, -0.25) is 4.79 Å². The minimum atomic E-state index is -0.257. The Labute approximate surface area is 180 Å². The third-order valence-corrected chi connectivity index (χ3v) is 6.55. The van der Waals surface area contributed by atoms with Gasteiger partial charge in [-0.1, -0.05) is 73.5 Å². The van der Waals surface area contributed by atoms with Crippen molar-refractivity contribution in [3.8, 4) is 0 Å². The first-order chi connectivity index (χ1) is 14.8. The second-order valence-electron chi connectivity index (χ2n) is 8.50. The highest BCUT2D eigenvalue weighted by Gasteiger charge is 2.61. The monoisotopic (exact) mass is 407 g/mol. The first-order valence-corrected chi connectivity index (χ1v) is 11.4. The summed E-state index contributed by atoms with van der Waals surface area (Å²) in [6, 6.07) is 20.7. The maximum absolute atomic E-state index is 12.8. The van der Waals surface area contributed by atoms with Crippen LogP contribution in [0.5, 0.6) is 0 Å². The topological polar surface area (TPSA) is 38.8 Å². The van der Waals surface area contributed by atoms with Gasteiger partial charge in [-0.15, -0.1) is 0 Å². The fraction of sp³-hybridized carbons (Fsp3) is 0.500. The van der Waals surface area contributed by atoms with Crippen LogP contribution in [0.3, 0.4) is 0 Å². The predicted molar refractivity (Wildman–Crippen MR) is 118 cm³/mol. The van der Waals surface area contributed by atoms with Gasteiger partial charge in [0.15, 0.2) is 0 Å². The van der Waals surface area contributed by atoms with Crippen molar-refractivity contribution in [2.75, 3.05) is 39.5 Å². The van der Waals surface area contributed by atoms with E-state index >= 15 is 0 Å². The summed E-state index contributed by atoms with van der Waals surface area (Å²) in [4.78, 5) is 15.3. The third-order valence-electron chi connectivity index (χ3n) is 6.55. The van der Waals surface area contributed by atoms with Crippen LogP contribution in [0.2, 0.25) is 0 Å². The van der Waals surface area contributed by atoms with E-state index in [-0.39, 0.29) is 17.3 Å². The average molecular weight is 408 g/mol. The predicted octanol–water partition coefficient (Wildman–Crippen LogP) is 4.43. The van der Waals surface area contributed by atoms with E-state index in [0.29, 0.717) is 19.8 Å². The zero-order valence-corrected chi connectivity index (χ0v) is 17.8. The molecular formula is C26H33NO3. The number of nitrogens with zero attached hydrogens (tertiary/aromatic N) is 1. The van der Waals surface area contributed by atoms with Gasteiger partial charge in [-0.25, -0.2) is 0 Å². The highest BCUT2D eigenvalue weighted by molar-refractivity contribution is 5.81. The number of hydrogen-bond acceptors (Lipinski definition) is 4. The largest absolute Gasteiger partial charge is 0.463 e. The maximum atomic E-state index is 12.8. The summed E-state index contributed by atoms with van der Waals surface area (Å²) in [5.41, 5.74) is 2.12. The lowest BCUT2D eigenvalue weighted by molar-refractivity contribution is -0.147. The van der Waals surface area contributed by atoms with Crippen LogP contribution in [-0.4, -0.2) is 50.3 Å². The highest BCUT2D eigenvalue weighted by Crippen LogP contribution is 2.59. The number of hydrogen-bond donors (Lipinski definition) is 0. The van der Waals surface area contributed by atoms with E-state index in [4.69, 9.17) is 9.47 Å². The van der Waals surface area contributed by atoms with E-state index in [0.717, 1.165) is 13.0 Å². The van der Waals surface area contributed by atoms with Crippen molar-refractivity contribution in [2.24, 2.45) is 5.92 Å². The molecule has 1 unspecified atom stereocenters. The molecule has 4 nitrogen and oxygen atoms in total. The van der Waals surface area contributed by atoms with Gasteiger partial charge in [0.1, 0.15) is 6.61 Å². The molecule has 2 aromatic carbocycles. The van der Waals surface area contributed by atoms with Gasteiger partial charge in [-0.2, -0.15) is 0 Å². The summed E-state index contributed by atoms with van der Waals surface area (Å²) >= 11 is 0. The number of rotatable bonds is 9. The SMILES string of the molecule is O=C(OCCOCCN1CCCCCC1)C1CC1(c1ccccc1)c1ccccc1. The number of likely N-dealkylation sites (tertiary alicyclic amines) is 1. The lowest BCUT2D eigenvalue weighted by atomic mass is 9.86. The molecule has 1 aliphatic carbocycles. The Kier molecular flexibility index (Phi) is 7.19. The van der Waals surface area contributed by atoms with Crippen LogP contribution in [0.1, 0.15) is 43.2 Å². The lowest BCUT2D eigenvalue weighted by Crippen LogP contribution is -2.29. The lowest BCUT2D eigenvalue weighted by Gasteiger charge is -2.19. The summed E-state index contributed by atoms with van der Waals surface area (Å²) < 4.78 is 11.3. The van der Waals surface area contributed by atoms with E-state index < -0.39 is 0 Å². The van der Waals surface area contributed by atoms with Crippen LogP contribution < -0.4 is 0 Å². The number of ether oxygens (including phenoxy) is 2. The van der Waals surface area contributed by atoms with Crippen molar-refractivity contribution >= 4 is 5.97 Å². The summed E-state index contributed by atoms with van der Waals surface area (Å²) in [7, 11) is 0. The zero-order chi connectivity index (χ0) is 20.7. The molecule has 0 amide bonds. The van der Waals surface area contributed by atoms with Gasteiger partial charge in [0.25, 0.3) is 0 Å². The van der Waals surface area contributed by atoms with Gasteiger partial charge in [0.05, 0.1) is 19.1 Å². The van der Waals surface area contributed by atoms with E-state index in [2.05, 4.69) is 29.2 Å². The number of carbonyl (C=O) groups excluding carboxylic acids is 1. The Hall–Kier alpha value is -2.17. The Bertz CT molecular complexity index is 745. The fourth-order valence-electron chi connectivity index (χ4n) is 4.78. The molecule has 2 aromatic rings. The second kappa shape index (κ2) is 10.2. The van der Waals surface area contributed by atoms with Gasteiger partial charge in [-0.05, 0) is 43.5 Å². The molecule has 0 aromatic heterocycles. The van der Waals surface area contributed by atoms with Gasteiger partial charge in [0, 0.05) is 12.0 Å². The van der Waals surface area contributed by atoms with Crippen LogP contribution in [-0.2, 0) is 19.7 Å². The van der Waals surface area contributed by atoms with Crippen molar-refractivity contribution in [1.82, 2.24) is 4.90 Å². The molecule has 160 valence electrons. The molecule has 2 aliphatic rings. The molecular weight excluding hydrogens is 374 g/mol. The van der Waals surface area contributed by atoms with E-state index in [9.17, 15) is 4.79 Å². The van der Waals surface area contributed by atoms with E-state index in [1.54, 1.807) is 0 Å². The van der Waals surface area contributed by atoms with Crippen LogP contribution in [0.15, 0.2) is 60.7 Å². The average Bonchev–Trinajstić information content (AvgIpc) is 3.59. The molecule has 1 heterocycles. The fourth-order valence-corrected chi connectivity index (χ4v) is 4.78. The maximum Gasteiger partial charge on any atom is 0.310 e. The number of esters is 1. The standard InChI is InChI=1S/C26H33NO3/c28-25(30-20-19-29-18-17-27-15-9-1-2-10-16-27)24-21-26(24,22-11-5-3-6-12-22)23-13-7-4-8-14-23/h3-8,11-14,24H,1-2,9-10,15-21H2. The first-order valence-electron chi connectivity index (χ1n) is 11.4. The third kappa shape index (κ3) is 4.93. The second-order valence-corrected chi connectivity index (χ2v) is 8.50. The number of benzene rings is 2. The zero-order valence-electron chi connectivity index (χ0n) is 17.8. The molecule has 30 heavy (non-hydrogen) atoms. The van der Waals surface area contributed by atoms with Crippen LogP contribution in [0.25, 0.3) is 0 Å². The molecule has 1 aliphatic heterocycles. The number of carbonyl (C=O) groups is 1.